The van der Waals surface area contributed by atoms with Crippen molar-refractivity contribution in [3.63, 3.8) is 0 Å². The van der Waals surface area contributed by atoms with Crippen molar-refractivity contribution in [2.75, 3.05) is 0 Å². The summed E-state index contributed by atoms with van der Waals surface area (Å²) >= 11 is 0. The normalized spacial score (nSPS) is 13.3. The van der Waals surface area contributed by atoms with E-state index in [1.54, 1.807) is 0 Å². The maximum Gasteiger partial charge on any atom is 0.143 e. The monoisotopic (exact) mass is 662 g/mol. The van der Waals surface area contributed by atoms with Crippen molar-refractivity contribution in [2.24, 2.45) is 0 Å². The van der Waals surface area contributed by atoms with E-state index >= 15 is 0 Å². The van der Waals surface area contributed by atoms with Gasteiger partial charge in [-0.3, -0.25) is 0 Å². The lowest BCUT2D eigenvalue weighted by Crippen LogP contribution is -2.14. The number of benzene rings is 9. The third-order valence-corrected chi connectivity index (χ3v) is 11.7. The molecule has 0 aliphatic heterocycles. The molecule has 9 aromatic carbocycles. The summed E-state index contributed by atoms with van der Waals surface area (Å²) in [5, 5.41) is 9.72. The molecule has 10 aromatic rings. The van der Waals surface area contributed by atoms with Gasteiger partial charge in [0.05, 0.1) is 0 Å². The Labute approximate surface area is 302 Å². The Morgan fingerprint density at radius 1 is 0.385 bits per heavy atom. The van der Waals surface area contributed by atoms with Crippen LogP contribution in [0.15, 0.2) is 174 Å². The van der Waals surface area contributed by atoms with Gasteiger partial charge in [0.1, 0.15) is 11.2 Å². The molecule has 0 bridgehead atoms. The molecule has 1 heteroatoms. The minimum absolute atomic E-state index is 0.0186. The zero-order valence-corrected chi connectivity index (χ0v) is 29.1. The second-order valence-corrected chi connectivity index (χ2v) is 14.8. The predicted molar refractivity (Wildman–Crippen MR) is 220 cm³/mol. The van der Waals surface area contributed by atoms with Crippen LogP contribution in [0.1, 0.15) is 25.0 Å². The van der Waals surface area contributed by atoms with Crippen LogP contribution in [-0.2, 0) is 5.41 Å². The summed E-state index contributed by atoms with van der Waals surface area (Å²) in [6.07, 6.45) is 0. The molecule has 1 aromatic heterocycles. The molecular weight excluding hydrogens is 629 g/mol. The molecule has 1 nitrogen and oxygen atoms in total. The van der Waals surface area contributed by atoms with Crippen LogP contribution < -0.4 is 0 Å². The number of hydrogen-bond donors (Lipinski definition) is 0. The summed E-state index contributed by atoms with van der Waals surface area (Å²) in [4.78, 5) is 0. The van der Waals surface area contributed by atoms with Gasteiger partial charge in [0, 0.05) is 21.6 Å². The van der Waals surface area contributed by atoms with Crippen LogP contribution in [0, 0.1) is 0 Å². The first-order valence-corrected chi connectivity index (χ1v) is 18.2. The lowest BCUT2D eigenvalue weighted by atomic mass is 9.81. The highest BCUT2D eigenvalue weighted by atomic mass is 16.3. The zero-order chi connectivity index (χ0) is 34.6. The lowest BCUT2D eigenvalue weighted by Gasteiger charge is -2.22. The fraction of sp³-hybridized carbons (Fsp3) is 0.0588. The van der Waals surface area contributed by atoms with Gasteiger partial charge in [-0.05, 0) is 101 Å². The first-order chi connectivity index (χ1) is 25.6. The van der Waals surface area contributed by atoms with E-state index in [0.717, 1.165) is 27.3 Å². The van der Waals surface area contributed by atoms with Gasteiger partial charge in [-0.15, -0.1) is 0 Å². The Balaban J connectivity index is 1.09. The smallest absolute Gasteiger partial charge is 0.143 e. The number of rotatable bonds is 3. The molecule has 244 valence electrons. The van der Waals surface area contributed by atoms with Crippen LogP contribution in [0.4, 0.5) is 0 Å². The fourth-order valence-corrected chi connectivity index (χ4v) is 9.24. The highest BCUT2D eigenvalue weighted by Gasteiger charge is 2.35. The molecule has 0 saturated carbocycles. The second kappa shape index (κ2) is 10.8. The number of furan rings is 1. The predicted octanol–water partition coefficient (Wildman–Crippen LogP) is 14.4. The first-order valence-electron chi connectivity index (χ1n) is 18.2. The highest BCUT2D eigenvalue weighted by Crippen LogP contribution is 2.51. The van der Waals surface area contributed by atoms with Gasteiger partial charge in [0.25, 0.3) is 0 Å². The van der Waals surface area contributed by atoms with Crippen LogP contribution in [0.5, 0.6) is 0 Å². The molecule has 0 fully saturated rings. The van der Waals surface area contributed by atoms with Crippen LogP contribution >= 0.6 is 0 Å². The average Bonchev–Trinajstić information content (AvgIpc) is 3.69. The molecule has 0 spiro atoms. The van der Waals surface area contributed by atoms with Gasteiger partial charge in [0.2, 0.25) is 0 Å². The summed E-state index contributed by atoms with van der Waals surface area (Å²) in [5.41, 5.74) is 14.7. The zero-order valence-electron chi connectivity index (χ0n) is 29.1. The van der Waals surface area contributed by atoms with E-state index in [1.165, 1.54) is 82.6 Å². The first kappa shape index (κ1) is 29.3. The fourth-order valence-electron chi connectivity index (χ4n) is 9.24. The Hall–Kier alpha value is -6.44. The molecule has 11 rings (SSSR count). The molecule has 1 aliphatic rings. The molecule has 0 N–H and O–H groups in total. The number of hydrogen-bond acceptors (Lipinski definition) is 1. The largest absolute Gasteiger partial charge is 0.455 e. The molecule has 0 saturated heterocycles. The Morgan fingerprint density at radius 3 is 1.67 bits per heavy atom. The summed E-state index contributed by atoms with van der Waals surface area (Å²) in [7, 11) is 0. The molecule has 0 amide bonds. The topological polar surface area (TPSA) is 13.1 Å². The van der Waals surface area contributed by atoms with Crippen molar-refractivity contribution in [3.05, 3.63) is 181 Å². The minimum atomic E-state index is -0.0186. The van der Waals surface area contributed by atoms with E-state index in [0.29, 0.717) is 0 Å². The third kappa shape index (κ3) is 4.05. The van der Waals surface area contributed by atoms with Crippen molar-refractivity contribution in [1.82, 2.24) is 0 Å². The summed E-state index contributed by atoms with van der Waals surface area (Å²) < 4.78 is 6.52. The summed E-state index contributed by atoms with van der Waals surface area (Å²) in [5.74, 6) is 0. The van der Waals surface area contributed by atoms with Gasteiger partial charge in [-0.1, -0.05) is 166 Å². The van der Waals surface area contributed by atoms with E-state index in [-0.39, 0.29) is 5.41 Å². The van der Waals surface area contributed by atoms with Crippen molar-refractivity contribution >= 4 is 54.3 Å². The van der Waals surface area contributed by atoms with E-state index in [1.807, 2.05) is 0 Å². The third-order valence-electron chi connectivity index (χ3n) is 11.7. The van der Waals surface area contributed by atoms with Gasteiger partial charge < -0.3 is 4.42 Å². The van der Waals surface area contributed by atoms with Crippen LogP contribution in [0.25, 0.3) is 98.8 Å². The highest BCUT2D eigenvalue weighted by molar-refractivity contribution is 6.22. The second-order valence-electron chi connectivity index (χ2n) is 14.8. The van der Waals surface area contributed by atoms with Crippen molar-refractivity contribution < 1.29 is 4.42 Å². The van der Waals surface area contributed by atoms with E-state index in [9.17, 15) is 0 Å². The van der Waals surface area contributed by atoms with Gasteiger partial charge in [0.15, 0.2) is 0 Å². The molecule has 52 heavy (non-hydrogen) atoms. The van der Waals surface area contributed by atoms with E-state index in [4.69, 9.17) is 4.42 Å². The average molecular weight is 663 g/mol. The molecule has 0 radical (unpaired) electrons. The van der Waals surface area contributed by atoms with Gasteiger partial charge in [-0.25, -0.2) is 0 Å². The molecule has 1 aliphatic carbocycles. The van der Waals surface area contributed by atoms with Crippen LogP contribution in [0.2, 0.25) is 0 Å². The number of fused-ring (bicyclic) bond motifs is 10. The molecule has 1 heterocycles. The van der Waals surface area contributed by atoms with Crippen molar-refractivity contribution in [1.29, 1.82) is 0 Å². The van der Waals surface area contributed by atoms with Gasteiger partial charge >= 0.3 is 0 Å². The quantitative estimate of drug-likeness (QED) is 0.172. The van der Waals surface area contributed by atoms with Crippen molar-refractivity contribution in [2.45, 2.75) is 19.3 Å². The van der Waals surface area contributed by atoms with Crippen LogP contribution in [-0.4, -0.2) is 0 Å². The Bertz CT molecular complexity index is 3030. The minimum Gasteiger partial charge on any atom is -0.455 e. The maximum atomic E-state index is 6.52. The molecule has 0 unspecified atom stereocenters. The molecular formula is C51H34O. The Morgan fingerprint density at radius 2 is 0.942 bits per heavy atom. The van der Waals surface area contributed by atoms with Gasteiger partial charge in [-0.2, -0.15) is 0 Å². The SMILES string of the molecule is CC1(C)c2ccccc2-c2cc(-c3c4ccccc4c(-c4ccc(-c5cccc6oc7c8ccccc8ccc7c56)cc4)c4ccccc34)ccc21. The molecule has 0 atom stereocenters. The lowest BCUT2D eigenvalue weighted by molar-refractivity contribution is 0.660. The standard InChI is InChI=1S/C51H34O/c1-51(2)44-20-10-9-14-37(44)43-30-34(27-29-45(43)51)48-40-17-7-5-15-38(40)47(39-16-6-8-18-41(39)48)33-24-22-32(23-25-33)35-19-11-21-46-49(35)42-28-26-31-12-3-4-13-36(31)50(42)52-46/h3-30H,1-2H3. The summed E-state index contributed by atoms with van der Waals surface area (Å²) in [6, 6.07) is 62.4. The van der Waals surface area contributed by atoms with Crippen molar-refractivity contribution in [3.8, 4) is 44.5 Å². The van der Waals surface area contributed by atoms with E-state index < -0.39 is 0 Å². The van der Waals surface area contributed by atoms with E-state index in [2.05, 4.69) is 184 Å². The maximum absolute atomic E-state index is 6.52. The Kier molecular flexibility index (Phi) is 6.08. The summed E-state index contributed by atoms with van der Waals surface area (Å²) in [6.45, 7) is 4.70. The van der Waals surface area contributed by atoms with Crippen LogP contribution in [0.3, 0.4) is 0 Å².